The number of piperidine rings is 1. The van der Waals surface area contributed by atoms with Crippen LogP contribution < -0.4 is 10.9 Å². The summed E-state index contributed by atoms with van der Waals surface area (Å²) >= 11 is 0. The van der Waals surface area contributed by atoms with Crippen molar-refractivity contribution in [2.75, 3.05) is 18.4 Å². The van der Waals surface area contributed by atoms with E-state index >= 15 is 0 Å². The second-order valence-electron chi connectivity index (χ2n) is 8.21. The number of amides is 1. The lowest BCUT2D eigenvalue weighted by atomic mass is 9.99. The molecule has 0 unspecified atom stereocenters. The predicted octanol–water partition coefficient (Wildman–Crippen LogP) is 2.39. The standard InChI is InChI=1S/C22H28N6O2/c1-16-6-9-27(10-7-16)14-17-4-3-5-18(12-17)25-20(29)8-11-28-15-23-21-19(22(28)30)13-24-26(21)2/h3-5,12-13,15-16H,6-11,14H2,1-2H3,(H,25,29). The number of anilines is 1. The third-order valence-electron chi connectivity index (χ3n) is 5.79. The number of hydrogen-bond donors (Lipinski definition) is 1. The van der Waals surface area contributed by atoms with Crippen LogP contribution >= 0.6 is 0 Å². The molecule has 1 aliphatic heterocycles. The van der Waals surface area contributed by atoms with Gasteiger partial charge in [0.1, 0.15) is 5.39 Å². The Morgan fingerprint density at radius 3 is 2.87 bits per heavy atom. The molecule has 1 fully saturated rings. The Kier molecular flexibility index (Phi) is 5.94. The van der Waals surface area contributed by atoms with E-state index < -0.39 is 0 Å². The van der Waals surface area contributed by atoms with Crippen LogP contribution in [0.5, 0.6) is 0 Å². The maximum absolute atomic E-state index is 12.5. The van der Waals surface area contributed by atoms with Gasteiger partial charge in [0, 0.05) is 32.2 Å². The molecule has 1 amide bonds. The van der Waals surface area contributed by atoms with Gasteiger partial charge in [-0.2, -0.15) is 5.10 Å². The van der Waals surface area contributed by atoms with Crippen LogP contribution in [-0.2, 0) is 24.9 Å². The van der Waals surface area contributed by atoms with E-state index in [0.717, 1.165) is 31.2 Å². The van der Waals surface area contributed by atoms with E-state index in [1.165, 1.54) is 35.5 Å². The zero-order chi connectivity index (χ0) is 21.1. The quantitative estimate of drug-likeness (QED) is 0.677. The fourth-order valence-electron chi connectivity index (χ4n) is 3.90. The molecule has 158 valence electrons. The van der Waals surface area contributed by atoms with Crippen molar-refractivity contribution in [3.8, 4) is 0 Å². The van der Waals surface area contributed by atoms with Crippen molar-refractivity contribution in [1.82, 2.24) is 24.2 Å². The van der Waals surface area contributed by atoms with Crippen molar-refractivity contribution >= 4 is 22.6 Å². The van der Waals surface area contributed by atoms with Crippen LogP contribution in [0.2, 0.25) is 0 Å². The summed E-state index contributed by atoms with van der Waals surface area (Å²) in [5.74, 6) is 0.686. The summed E-state index contributed by atoms with van der Waals surface area (Å²) in [7, 11) is 1.74. The Labute approximate surface area is 175 Å². The minimum Gasteiger partial charge on any atom is -0.326 e. The Bertz CT molecular complexity index is 1090. The monoisotopic (exact) mass is 408 g/mol. The first kappa shape index (κ1) is 20.3. The summed E-state index contributed by atoms with van der Waals surface area (Å²) in [6.07, 6.45) is 5.67. The molecular weight excluding hydrogens is 380 g/mol. The third kappa shape index (κ3) is 4.59. The summed E-state index contributed by atoms with van der Waals surface area (Å²) in [4.78, 5) is 31.7. The Hall–Kier alpha value is -3.00. The predicted molar refractivity (Wildman–Crippen MR) is 116 cm³/mol. The zero-order valence-corrected chi connectivity index (χ0v) is 17.5. The van der Waals surface area contributed by atoms with Gasteiger partial charge in [-0.25, -0.2) is 4.98 Å². The average molecular weight is 409 g/mol. The first-order valence-electron chi connectivity index (χ1n) is 10.5. The summed E-state index contributed by atoms with van der Waals surface area (Å²) < 4.78 is 3.02. The maximum Gasteiger partial charge on any atom is 0.264 e. The number of fused-ring (bicyclic) bond motifs is 1. The largest absolute Gasteiger partial charge is 0.326 e. The smallest absolute Gasteiger partial charge is 0.264 e. The molecule has 0 aliphatic carbocycles. The van der Waals surface area contributed by atoms with E-state index in [4.69, 9.17) is 0 Å². The molecule has 8 heteroatoms. The number of hydrogen-bond acceptors (Lipinski definition) is 5. The second-order valence-corrected chi connectivity index (χ2v) is 8.21. The molecule has 4 rings (SSSR count). The highest BCUT2D eigenvalue weighted by Crippen LogP contribution is 2.19. The highest BCUT2D eigenvalue weighted by molar-refractivity contribution is 5.90. The van der Waals surface area contributed by atoms with Gasteiger partial charge in [0.05, 0.1) is 12.5 Å². The molecule has 3 aromatic rings. The van der Waals surface area contributed by atoms with E-state index in [1.54, 1.807) is 11.7 Å². The van der Waals surface area contributed by atoms with E-state index in [-0.39, 0.29) is 24.4 Å². The first-order valence-corrected chi connectivity index (χ1v) is 10.5. The third-order valence-corrected chi connectivity index (χ3v) is 5.79. The fraction of sp³-hybridized carbons (Fsp3) is 0.455. The van der Waals surface area contributed by atoms with Crippen molar-refractivity contribution in [3.63, 3.8) is 0 Å². The molecule has 30 heavy (non-hydrogen) atoms. The number of aromatic nitrogens is 4. The molecule has 1 N–H and O–H groups in total. The summed E-state index contributed by atoms with van der Waals surface area (Å²) in [5, 5.41) is 7.47. The number of benzene rings is 1. The lowest BCUT2D eigenvalue weighted by molar-refractivity contribution is -0.116. The van der Waals surface area contributed by atoms with Crippen LogP contribution in [-0.4, -0.2) is 43.2 Å². The molecular formula is C22H28N6O2. The highest BCUT2D eigenvalue weighted by Gasteiger charge is 2.16. The van der Waals surface area contributed by atoms with Gasteiger partial charge in [-0.15, -0.1) is 0 Å². The molecule has 0 bridgehead atoms. The number of carbonyl (C=O) groups is 1. The number of nitrogens with zero attached hydrogens (tertiary/aromatic N) is 5. The van der Waals surface area contributed by atoms with Crippen LogP contribution in [0, 0.1) is 5.92 Å². The molecule has 0 atom stereocenters. The molecule has 3 heterocycles. The van der Waals surface area contributed by atoms with Gasteiger partial charge < -0.3 is 5.32 Å². The van der Waals surface area contributed by atoms with Gasteiger partial charge in [0.25, 0.3) is 5.56 Å². The van der Waals surface area contributed by atoms with E-state index in [1.807, 2.05) is 18.2 Å². The molecule has 1 aromatic carbocycles. The highest BCUT2D eigenvalue weighted by atomic mass is 16.2. The van der Waals surface area contributed by atoms with Crippen molar-refractivity contribution in [2.45, 2.75) is 39.3 Å². The van der Waals surface area contributed by atoms with Crippen LogP contribution in [0.25, 0.3) is 11.0 Å². The first-order chi connectivity index (χ1) is 14.5. The number of aryl methyl sites for hydroxylation is 2. The zero-order valence-electron chi connectivity index (χ0n) is 17.5. The normalized spacial score (nSPS) is 15.5. The molecule has 0 saturated carbocycles. The second kappa shape index (κ2) is 8.79. The van der Waals surface area contributed by atoms with Gasteiger partial charge >= 0.3 is 0 Å². The van der Waals surface area contributed by atoms with Crippen LogP contribution in [0.1, 0.15) is 31.7 Å². The van der Waals surface area contributed by atoms with Crippen molar-refractivity contribution < 1.29 is 4.79 Å². The minimum atomic E-state index is -0.182. The summed E-state index contributed by atoms with van der Waals surface area (Å²) in [6.45, 7) is 5.74. The number of rotatable bonds is 6. The Balaban J connectivity index is 1.34. The molecule has 0 radical (unpaired) electrons. The topological polar surface area (TPSA) is 85.1 Å². The van der Waals surface area contributed by atoms with Gasteiger partial charge in [0.15, 0.2) is 5.65 Å². The van der Waals surface area contributed by atoms with E-state index in [9.17, 15) is 9.59 Å². The molecule has 1 saturated heterocycles. The minimum absolute atomic E-state index is 0.128. The number of likely N-dealkylation sites (tertiary alicyclic amines) is 1. The van der Waals surface area contributed by atoms with Gasteiger partial charge in [-0.3, -0.25) is 23.7 Å². The lowest BCUT2D eigenvalue weighted by Gasteiger charge is -2.30. The number of nitrogens with one attached hydrogen (secondary N) is 1. The van der Waals surface area contributed by atoms with Gasteiger partial charge in [-0.1, -0.05) is 19.1 Å². The maximum atomic E-state index is 12.5. The van der Waals surface area contributed by atoms with Crippen molar-refractivity contribution in [3.05, 3.63) is 52.7 Å². The average Bonchev–Trinajstić information content (AvgIpc) is 3.11. The van der Waals surface area contributed by atoms with Crippen LogP contribution in [0.4, 0.5) is 5.69 Å². The SMILES string of the molecule is CC1CCN(Cc2cccc(NC(=O)CCn3cnc4c(cnn4C)c3=O)c2)CC1. The molecule has 0 spiro atoms. The van der Waals surface area contributed by atoms with Crippen molar-refractivity contribution in [2.24, 2.45) is 13.0 Å². The van der Waals surface area contributed by atoms with Crippen LogP contribution in [0.15, 0.2) is 41.6 Å². The Morgan fingerprint density at radius 2 is 2.07 bits per heavy atom. The molecule has 8 nitrogen and oxygen atoms in total. The van der Waals surface area contributed by atoms with Gasteiger partial charge in [-0.05, 0) is 49.5 Å². The van der Waals surface area contributed by atoms with E-state index in [0.29, 0.717) is 11.0 Å². The van der Waals surface area contributed by atoms with E-state index in [2.05, 4.69) is 33.3 Å². The molecule has 2 aromatic heterocycles. The summed E-state index contributed by atoms with van der Waals surface area (Å²) in [5.41, 5.74) is 2.35. The van der Waals surface area contributed by atoms with Gasteiger partial charge in [0.2, 0.25) is 5.91 Å². The lowest BCUT2D eigenvalue weighted by Crippen LogP contribution is -2.32. The summed E-state index contributed by atoms with van der Waals surface area (Å²) in [6, 6.07) is 8.00. The number of carbonyl (C=O) groups excluding carboxylic acids is 1. The fourth-order valence-corrected chi connectivity index (χ4v) is 3.90. The molecule has 1 aliphatic rings. The van der Waals surface area contributed by atoms with Crippen molar-refractivity contribution in [1.29, 1.82) is 0 Å². The van der Waals surface area contributed by atoms with Crippen LogP contribution in [0.3, 0.4) is 0 Å². The Morgan fingerprint density at radius 1 is 1.27 bits per heavy atom.